The molecule has 2 aromatic carbocycles. The molecule has 0 spiro atoms. The summed E-state index contributed by atoms with van der Waals surface area (Å²) < 4.78 is 9.98. The van der Waals surface area contributed by atoms with Crippen LogP contribution in [0.1, 0.15) is 10.4 Å². The first kappa shape index (κ1) is 16.9. The number of likely N-dealkylation sites (N-methyl/N-ethyl adjacent to an activating group) is 1. The molecule has 0 saturated carbocycles. The van der Waals surface area contributed by atoms with Gasteiger partial charge in [0, 0.05) is 5.56 Å². The smallest absolute Gasteiger partial charge is 0.492 e. The first-order valence-corrected chi connectivity index (χ1v) is 7.80. The van der Waals surface area contributed by atoms with E-state index in [4.69, 9.17) is 9.31 Å². The highest BCUT2D eigenvalue weighted by molar-refractivity contribution is 6.85. The molecule has 1 fully saturated rings. The second-order valence-corrected chi connectivity index (χ2v) is 5.79. The van der Waals surface area contributed by atoms with Gasteiger partial charge in [-0.2, -0.15) is 0 Å². The summed E-state index contributed by atoms with van der Waals surface area (Å²) in [7, 11) is 0.0451. The minimum Gasteiger partial charge on any atom is -0.492 e. The fourth-order valence-electron chi connectivity index (χ4n) is 2.53. The first-order valence-electron chi connectivity index (χ1n) is 7.80. The van der Waals surface area contributed by atoms with Crippen LogP contribution < -0.4 is 0 Å². The van der Waals surface area contributed by atoms with Gasteiger partial charge in [0.1, 0.15) is 0 Å². The Balaban J connectivity index is 1.77. The maximum absolute atomic E-state index is 12.5. The van der Waals surface area contributed by atoms with Crippen molar-refractivity contribution >= 4 is 24.7 Å². The van der Waals surface area contributed by atoms with Crippen LogP contribution in [-0.2, 0) is 18.9 Å². The van der Waals surface area contributed by atoms with Crippen LogP contribution in [0.2, 0.25) is 0 Å². The van der Waals surface area contributed by atoms with E-state index in [-0.39, 0.29) is 13.1 Å². The van der Waals surface area contributed by atoms with Crippen molar-refractivity contribution in [3.63, 3.8) is 0 Å². The van der Waals surface area contributed by atoms with Gasteiger partial charge in [0.25, 0.3) is 0 Å². The number of benzene rings is 2. The second-order valence-electron chi connectivity index (χ2n) is 5.79. The molecule has 126 valence electrons. The lowest BCUT2D eigenvalue weighted by atomic mass is 9.78. The number of hydrogen-bond acceptors (Lipinski definition) is 6. The van der Waals surface area contributed by atoms with Gasteiger partial charge in [-0.1, -0.05) is 54.6 Å². The molecule has 0 radical (unpaired) electrons. The van der Waals surface area contributed by atoms with Crippen molar-refractivity contribution in [1.29, 1.82) is 0 Å². The van der Waals surface area contributed by atoms with Gasteiger partial charge in [0.15, 0.2) is 0 Å². The highest BCUT2D eigenvalue weighted by atomic mass is 16.6. The van der Waals surface area contributed by atoms with E-state index < -0.39 is 24.7 Å². The fraction of sp³-hybridized carbons (Fsp3) is 0.167. The Labute approximate surface area is 145 Å². The summed E-state index contributed by atoms with van der Waals surface area (Å²) >= 11 is 0. The highest BCUT2D eigenvalue weighted by Crippen LogP contribution is 2.20. The molecular weight excluding hydrogens is 321 g/mol. The third-order valence-corrected chi connectivity index (χ3v) is 3.77. The zero-order valence-electron chi connectivity index (χ0n) is 13.7. The van der Waals surface area contributed by atoms with Crippen LogP contribution in [0.3, 0.4) is 0 Å². The van der Waals surface area contributed by atoms with Crippen LogP contribution in [0.5, 0.6) is 0 Å². The zero-order chi connectivity index (χ0) is 17.8. The van der Waals surface area contributed by atoms with E-state index in [2.05, 4.69) is 0 Å². The average molecular weight is 337 g/mol. The summed E-state index contributed by atoms with van der Waals surface area (Å²) in [4.78, 5) is 37.4. The lowest BCUT2D eigenvalue weighted by Gasteiger charge is -2.21. The molecule has 0 amide bonds. The predicted molar refractivity (Wildman–Crippen MR) is 91.6 cm³/mol. The highest BCUT2D eigenvalue weighted by Gasteiger charge is 2.39. The monoisotopic (exact) mass is 337 g/mol. The molecule has 0 bridgehead atoms. The van der Waals surface area contributed by atoms with Crippen LogP contribution in [0.4, 0.5) is 0 Å². The Bertz CT molecular complexity index is 771. The topological polar surface area (TPSA) is 72.9 Å². The van der Waals surface area contributed by atoms with Crippen molar-refractivity contribution in [2.24, 2.45) is 0 Å². The molecule has 1 saturated heterocycles. The normalized spacial score (nSPS) is 15.8. The Hall–Kier alpha value is -2.93. The Morgan fingerprint density at radius 2 is 1.40 bits per heavy atom. The molecule has 1 aliphatic rings. The molecule has 0 aromatic heterocycles. The molecule has 1 heterocycles. The van der Waals surface area contributed by atoms with E-state index in [1.807, 2.05) is 30.3 Å². The lowest BCUT2D eigenvalue weighted by molar-refractivity contribution is -0.145. The maximum Gasteiger partial charge on any atom is 0.680 e. The van der Waals surface area contributed by atoms with Crippen molar-refractivity contribution in [3.05, 3.63) is 60.2 Å². The molecular formula is C18H16BNO5. The van der Waals surface area contributed by atoms with Crippen LogP contribution in [-0.4, -0.2) is 49.8 Å². The van der Waals surface area contributed by atoms with Gasteiger partial charge in [-0.25, -0.2) is 0 Å². The number of carbonyl (C=O) groups is 3. The van der Waals surface area contributed by atoms with Crippen molar-refractivity contribution in [1.82, 2.24) is 4.90 Å². The molecule has 0 N–H and O–H groups in total. The van der Waals surface area contributed by atoms with Crippen molar-refractivity contribution in [2.45, 2.75) is 0 Å². The van der Waals surface area contributed by atoms with E-state index in [0.29, 0.717) is 5.56 Å². The Morgan fingerprint density at radius 1 is 0.880 bits per heavy atom. The van der Waals surface area contributed by atoms with E-state index in [1.54, 1.807) is 31.3 Å². The van der Waals surface area contributed by atoms with E-state index in [0.717, 1.165) is 11.1 Å². The predicted octanol–water partition coefficient (Wildman–Crippen LogP) is 1.60. The van der Waals surface area contributed by atoms with E-state index in [1.165, 1.54) is 4.90 Å². The van der Waals surface area contributed by atoms with Gasteiger partial charge in [-0.3, -0.25) is 19.3 Å². The third-order valence-electron chi connectivity index (χ3n) is 3.77. The minimum absolute atomic E-state index is 0.0776. The van der Waals surface area contributed by atoms with Gasteiger partial charge in [0.2, 0.25) is 5.68 Å². The summed E-state index contributed by atoms with van der Waals surface area (Å²) in [6.07, 6.45) is 0. The van der Waals surface area contributed by atoms with Crippen molar-refractivity contribution in [2.75, 3.05) is 20.1 Å². The molecule has 0 atom stereocenters. The van der Waals surface area contributed by atoms with Gasteiger partial charge in [-0.05, 0) is 18.2 Å². The van der Waals surface area contributed by atoms with Gasteiger partial charge >= 0.3 is 19.1 Å². The van der Waals surface area contributed by atoms with Crippen molar-refractivity contribution < 1.29 is 23.7 Å². The van der Waals surface area contributed by atoms with Crippen LogP contribution >= 0.6 is 0 Å². The van der Waals surface area contributed by atoms with Gasteiger partial charge in [-0.15, -0.1) is 0 Å². The number of hydrogen-bond donors (Lipinski definition) is 0. The summed E-state index contributed by atoms with van der Waals surface area (Å²) in [6.45, 7) is -0.155. The summed E-state index contributed by atoms with van der Waals surface area (Å²) in [6, 6.07) is 16.5. The Morgan fingerprint density at radius 3 is 1.96 bits per heavy atom. The molecule has 6 nitrogen and oxygen atoms in total. The van der Waals surface area contributed by atoms with Gasteiger partial charge < -0.3 is 9.31 Å². The van der Waals surface area contributed by atoms with Gasteiger partial charge in [0.05, 0.1) is 13.1 Å². The first-order chi connectivity index (χ1) is 12.0. The Kier molecular flexibility index (Phi) is 4.95. The number of carbonyl (C=O) groups excluding carboxylic acids is 3. The summed E-state index contributed by atoms with van der Waals surface area (Å²) in [5.74, 6) is -1.23. The largest absolute Gasteiger partial charge is 0.680 e. The van der Waals surface area contributed by atoms with E-state index >= 15 is 0 Å². The summed E-state index contributed by atoms with van der Waals surface area (Å²) in [5, 5.41) is 0. The molecule has 3 rings (SSSR count). The molecule has 0 unspecified atom stereocenters. The maximum atomic E-state index is 12.5. The number of rotatable bonds is 3. The standard InChI is InChI=1S/C18H16BNO5/c1-20-11-16(21)24-19(25-17(22)12-20)18(23)15-9-7-14(8-10-15)13-5-3-2-4-6-13/h2-10H,11-12H2,1H3. The SMILES string of the molecule is CN1CC(=O)OB(C(=O)c2ccc(-c3ccccc3)cc2)OC(=O)C1. The van der Waals surface area contributed by atoms with Crippen LogP contribution in [0, 0.1) is 0 Å². The third kappa shape index (κ3) is 4.13. The minimum atomic E-state index is -1.55. The van der Waals surface area contributed by atoms with Crippen LogP contribution in [0.15, 0.2) is 54.6 Å². The molecule has 0 aliphatic carbocycles. The molecule has 1 aliphatic heterocycles. The fourth-order valence-corrected chi connectivity index (χ4v) is 2.53. The quantitative estimate of drug-likeness (QED) is 0.792. The summed E-state index contributed by atoms with van der Waals surface area (Å²) in [5.41, 5.74) is 1.71. The lowest BCUT2D eigenvalue weighted by Crippen LogP contribution is -2.46. The average Bonchev–Trinajstić information content (AvgIpc) is 2.60. The number of nitrogens with zero attached hydrogens (tertiary/aromatic N) is 1. The molecule has 2 aromatic rings. The second kappa shape index (κ2) is 7.31. The van der Waals surface area contributed by atoms with Crippen molar-refractivity contribution in [3.8, 4) is 11.1 Å². The van der Waals surface area contributed by atoms with Crippen LogP contribution in [0.25, 0.3) is 11.1 Å². The molecule has 7 heteroatoms. The zero-order valence-corrected chi connectivity index (χ0v) is 13.7. The van der Waals surface area contributed by atoms with E-state index in [9.17, 15) is 14.4 Å². The molecule has 25 heavy (non-hydrogen) atoms.